The van der Waals surface area contributed by atoms with E-state index < -0.39 is 6.04 Å². The fourth-order valence-electron chi connectivity index (χ4n) is 1.28. The molecule has 0 radical (unpaired) electrons. The monoisotopic (exact) mass is 192 g/mol. The molecule has 0 aliphatic carbocycles. The van der Waals surface area contributed by atoms with E-state index in [0.29, 0.717) is 11.3 Å². The minimum absolute atomic E-state index is 0.0621. The van der Waals surface area contributed by atoms with Gasteiger partial charge in [0.05, 0.1) is 31.2 Å². The SMILES string of the molecule is COc1cccc(O)c1[C@H](N)CC#N. The van der Waals surface area contributed by atoms with Crippen LogP contribution in [0.3, 0.4) is 0 Å². The van der Waals surface area contributed by atoms with Crippen LogP contribution in [-0.2, 0) is 0 Å². The Morgan fingerprint density at radius 3 is 2.93 bits per heavy atom. The summed E-state index contributed by atoms with van der Waals surface area (Å²) in [5, 5.41) is 18.1. The second-order valence-corrected chi connectivity index (χ2v) is 2.86. The Bertz CT molecular complexity index is 358. The Labute approximate surface area is 82.5 Å². The summed E-state index contributed by atoms with van der Waals surface area (Å²) >= 11 is 0. The van der Waals surface area contributed by atoms with Crippen molar-refractivity contribution >= 4 is 0 Å². The van der Waals surface area contributed by atoms with E-state index in [2.05, 4.69) is 0 Å². The second-order valence-electron chi connectivity index (χ2n) is 2.86. The van der Waals surface area contributed by atoms with Crippen LogP contribution in [0.5, 0.6) is 11.5 Å². The maximum Gasteiger partial charge on any atom is 0.127 e. The number of nitrogens with zero attached hydrogens (tertiary/aromatic N) is 1. The minimum Gasteiger partial charge on any atom is -0.507 e. The number of aromatic hydroxyl groups is 1. The van der Waals surface area contributed by atoms with Gasteiger partial charge in [-0.1, -0.05) is 6.07 Å². The van der Waals surface area contributed by atoms with Gasteiger partial charge >= 0.3 is 0 Å². The van der Waals surface area contributed by atoms with Crippen LogP contribution in [-0.4, -0.2) is 12.2 Å². The molecule has 0 amide bonds. The van der Waals surface area contributed by atoms with Crippen LogP contribution in [0.15, 0.2) is 18.2 Å². The molecule has 0 bridgehead atoms. The van der Waals surface area contributed by atoms with Gasteiger partial charge in [0.15, 0.2) is 0 Å². The molecule has 3 N–H and O–H groups in total. The van der Waals surface area contributed by atoms with Gasteiger partial charge in [-0.15, -0.1) is 0 Å². The molecule has 0 saturated heterocycles. The first-order valence-electron chi connectivity index (χ1n) is 4.19. The summed E-state index contributed by atoms with van der Waals surface area (Å²) in [6.45, 7) is 0. The summed E-state index contributed by atoms with van der Waals surface area (Å²) < 4.78 is 5.04. The number of ether oxygens (including phenoxy) is 1. The lowest BCUT2D eigenvalue weighted by molar-refractivity contribution is 0.394. The van der Waals surface area contributed by atoms with Gasteiger partial charge in [-0.25, -0.2) is 0 Å². The number of methoxy groups -OCH3 is 1. The van der Waals surface area contributed by atoms with E-state index in [-0.39, 0.29) is 12.2 Å². The normalized spacial score (nSPS) is 11.8. The molecule has 0 saturated carbocycles. The molecule has 4 heteroatoms. The molecule has 0 fully saturated rings. The zero-order valence-electron chi connectivity index (χ0n) is 7.90. The van der Waals surface area contributed by atoms with Crippen molar-refractivity contribution < 1.29 is 9.84 Å². The molecule has 0 spiro atoms. The summed E-state index contributed by atoms with van der Waals surface area (Å²) in [6.07, 6.45) is 0.147. The first-order chi connectivity index (χ1) is 6.70. The number of hydrogen-bond donors (Lipinski definition) is 2. The molecule has 0 aliphatic heterocycles. The van der Waals surface area contributed by atoms with E-state index in [9.17, 15) is 5.11 Å². The third-order valence-corrected chi connectivity index (χ3v) is 1.95. The van der Waals surface area contributed by atoms with Crippen molar-refractivity contribution in [1.82, 2.24) is 0 Å². The third-order valence-electron chi connectivity index (χ3n) is 1.95. The topological polar surface area (TPSA) is 79.3 Å². The molecule has 1 aromatic carbocycles. The van der Waals surface area contributed by atoms with Crippen LogP contribution < -0.4 is 10.5 Å². The van der Waals surface area contributed by atoms with E-state index in [0.717, 1.165) is 0 Å². The lowest BCUT2D eigenvalue weighted by Crippen LogP contribution is -2.10. The van der Waals surface area contributed by atoms with Crippen LogP contribution >= 0.6 is 0 Å². The Kier molecular flexibility index (Phi) is 3.32. The lowest BCUT2D eigenvalue weighted by atomic mass is 10.0. The second kappa shape index (κ2) is 4.49. The van der Waals surface area contributed by atoms with Crippen molar-refractivity contribution in [3.8, 4) is 17.6 Å². The average Bonchev–Trinajstić information content (AvgIpc) is 2.17. The first kappa shape index (κ1) is 10.4. The van der Waals surface area contributed by atoms with E-state index in [1.165, 1.54) is 13.2 Å². The van der Waals surface area contributed by atoms with Gasteiger partial charge in [0.25, 0.3) is 0 Å². The number of phenols is 1. The van der Waals surface area contributed by atoms with Crippen molar-refractivity contribution in [3.63, 3.8) is 0 Å². The smallest absolute Gasteiger partial charge is 0.127 e. The molecular weight excluding hydrogens is 180 g/mol. The lowest BCUT2D eigenvalue weighted by Gasteiger charge is -2.14. The molecule has 1 rings (SSSR count). The van der Waals surface area contributed by atoms with Crippen LogP contribution in [0.1, 0.15) is 18.0 Å². The van der Waals surface area contributed by atoms with E-state index >= 15 is 0 Å². The Balaban J connectivity index is 3.11. The first-order valence-corrected chi connectivity index (χ1v) is 4.19. The van der Waals surface area contributed by atoms with Crippen molar-refractivity contribution in [2.75, 3.05) is 7.11 Å². The molecule has 4 nitrogen and oxygen atoms in total. The molecule has 0 unspecified atom stereocenters. The average molecular weight is 192 g/mol. The quantitative estimate of drug-likeness (QED) is 0.756. The van der Waals surface area contributed by atoms with E-state index in [1.807, 2.05) is 6.07 Å². The number of rotatable bonds is 3. The number of benzene rings is 1. The molecule has 0 aliphatic rings. The van der Waals surface area contributed by atoms with Gasteiger partial charge in [0, 0.05) is 0 Å². The number of nitrogens with two attached hydrogens (primary N) is 1. The summed E-state index contributed by atoms with van der Waals surface area (Å²) in [6, 6.07) is 6.32. The molecular formula is C10H12N2O2. The summed E-state index contributed by atoms with van der Waals surface area (Å²) in [4.78, 5) is 0. The highest BCUT2D eigenvalue weighted by molar-refractivity contribution is 5.46. The summed E-state index contributed by atoms with van der Waals surface area (Å²) in [5.74, 6) is 0.569. The van der Waals surface area contributed by atoms with Gasteiger partial charge in [0.2, 0.25) is 0 Å². The van der Waals surface area contributed by atoms with E-state index in [4.69, 9.17) is 15.7 Å². The summed E-state index contributed by atoms with van der Waals surface area (Å²) in [7, 11) is 1.50. The highest BCUT2D eigenvalue weighted by Gasteiger charge is 2.15. The van der Waals surface area contributed by atoms with Gasteiger partial charge in [-0.2, -0.15) is 5.26 Å². The number of hydrogen-bond acceptors (Lipinski definition) is 4. The van der Waals surface area contributed by atoms with Gasteiger partial charge in [-0.3, -0.25) is 0 Å². The third kappa shape index (κ3) is 1.95. The molecule has 0 aromatic heterocycles. The fourth-order valence-corrected chi connectivity index (χ4v) is 1.28. The molecule has 0 heterocycles. The predicted octanol–water partition coefficient (Wildman–Crippen LogP) is 1.31. The van der Waals surface area contributed by atoms with Crippen LogP contribution in [0.2, 0.25) is 0 Å². The van der Waals surface area contributed by atoms with E-state index in [1.54, 1.807) is 12.1 Å². The van der Waals surface area contributed by atoms with Crippen molar-refractivity contribution in [2.45, 2.75) is 12.5 Å². The van der Waals surface area contributed by atoms with Crippen molar-refractivity contribution in [3.05, 3.63) is 23.8 Å². The van der Waals surface area contributed by atoms with Gasteiger partial charge in [-0.05, 0) is 12.1 Å². The zero-order valence-corrected chi connectivity index (χ0v) is 7.90. The van der Waals surface area contributed by atoms with Crippen LogP contribution in [0.25, 0.3) is 0 Å². The molecule has 74 valence electrons. The zero-order chi connectivity index (χ0) is 10.6. The Hall–Kier alpha value is -1.73. The Morgan fingerprint density at radius 1 is 1.64 bits per heavy atom. The number of nitriles is 1. The highest BCUT2D eigenvalue weighted by Crippen LogP contribution is 2.33. The fraction of sp³-hybridized carbons (Fsp3) is 0.300. The number of phenolic OH excluding ortho intramolecular Hbond substituents is 1. The van der Waals surface area contributed by atoms with Gasteiger partial charge < -0.3 is 15.6 Å². The summed E-state index contributed by atoms with van der Waals surface area (Å²) in [5.41, 5.74) is 6.20. The predicted molar refractivity (Wildman–Crippen MR) is 51.8 cm³/mol. The highest BCUT2D eigenvalue weighted by atomic mass is 16.5. The van der Waals surface area contributed by atoms with Crippen molar-refractivity contribution in [1.29, 1.82) is 5.26 Å². The van der Waals surface area contributed by atoms with Crippen LogP contribution in [0.4, 0.5) is 0 Å². The van der Waals surface area contributed by atoms with Gasteiger partial charge in [0.1, 0.15) is 11.5 Å². The molecule has 1 atom stereocenters. The molecule has 1 aromatic rings. The maximum atomic E-state index is 9.55. The Morgan fingerprint density at radius 2 is 2.36 bits per heavy atom. The standard InChI is InChI=1S/C10H12N2O2/c1-14-9-4-2-3-8(13)10(9)7(12)5-6-11/h2-4,7,13H,5,12H2,1H3/t7-/m1/s1. The largest absolute Gasteiger partial charge is 0.507 e. The minimum atomic E-state index is -0.517. The van der Waals surface area contributed by atoms with Crippen molar-refractivity contribution in [2.24, 2.45) is 5.73 Å². The maximum absolute atomic E-state index is 9.55. The molecule has 14 heavy (non-hydrogen) atoms. The van der Waals surface area contributed by atoms with Crippen LogP contribution in [0, 0.1) is 11.3 Å².